The Morgan fingerprint density at radius 3 is 2.59 bits per heavy atom. The highest BCUT2D eigenvalue weighted by Gasteiger charge is 2.26. The van der Waals surface area contributed by atoms with E-state index in [0.717, 1.165) is 17.3 Å². The predicted molar refractivity (Wildman–Crippen MR) is 115 cm³/mol. The summed E-state index contributed by atoms with van der Waals surface area (Å²) in [7, 11) is 3.34. The van der Waals surface area contributed by atoms with Gasteiger partial charge in [-0.1, -0.05) is 24.3 Å². The molecular formula is C21H22N4O3S. The van der Waals surface area contributed by atoms with Crippen LogP contribution in [0.5, 0.6) is 0 Å². The number of carbonyl (C=O) groups excluding carboxylic acids is 3. The second kappa shape index (κ2) is 8.91. The van der Waals surface area contributed by atoms with Crippen LogP contribution in [0.1, 0.15) is 18.4 Å². The molecule has 3 rings (SSSR count). The molecule has 3 amide bonds. The molecule has 1 heterocycles. The van der Waals surface area contributed by atoms with E-state index in [9.17, 15) is 14.4 Å². The van der Waals surface area contributed by atoms with Gasteiger partial charge < -0.3 is 10.2 Å². The van der Waals surface area contributed by atoms with Crippen LogP contribution >= 0.6 is 11.8 Å². The summed E-state index contributed by atoms with van der Waals surface area (Å²) in [5.74, 6) is -0.541. The lowest BCUT2D eigenvalue weighted by atomic mass is 10.1. The number of rotatable bonds is 4. The second-order valence-electron chi connectivity index (χ2n) is 6.80. The van der Waals surface area contributed by atoms with Gasteiger partial charge in [0.1, 0.15) is 5.71 Å². The van der Waals surface area contributed by atoms with Gasteiger partial charge in [0.05, 0.1) is 11.4 Å². The van der Waals surface area contributed by atoms with Crippen LogP contribution in [0.2, 0.25) is 0 Å². The van der Waals surface area contributed by atoms with Crippen LogP contribution < -0.4 is 10.3 Å². The summed E-state index contributed by atoms with van der Waals surface area (Å²) < 4.78 is 0. The molecule has 0 bridgehead atoms. The first kappa shape index (κ1) is 20.6. The number of aryl methyl sites for hydroxylation is 1. The zero-order valence-corrected chi connectivity index (χ0v) is 17.3. The standard InChI is InChI=1S/C21H22N4O3S/c1-14-7-6-8-15(13-14)25-19(26)12-11-17(23-25)20(27)22-16-9-4-5-10-18(16)29-21(28)24(2)3/h4-10,13H,11-12H2,1-3H3,(H,22,27). The highest BCUT2D eigenvalue weighted by Crippen LogP contribution is 2.29. The van der Waals surface area contributed by atoms with Crippen LogP contribution in [-0.4, -0.2) is 41.8 Å². The van der Waals surface area contributed by atoms with Gasteiger partial charge in [-0.2, -0.15) is 5.10 Å². The summed E-state index contributed by atoms with van der Waals surface area (Å²) in [6.07, 6.45) is 0.467. The number of hydrazone groups is 1. The van der Waals surface area contributed by atoms with Crippen LogP contribution in [0.15, 0.2) is 58.5 Å². The molecule has 0 unspecified atom stereocenters. The van der Waals surface area contributed by atoms with Gasteiger partial charge in [-0.25, -0.2) is 5.01 Å². The van der Waals surface area contributed by atoms with Crippen molar-refractivity contribution in [2.75, 3.05) is 24.4 Å². The zero-order chi connectivity index (χ0) is 21.0. The number of carbonyl (C=O) groups is 3. The van der Waals surface area contributed by atoms with E-state index >= 15 is 0 Å². The Hall–Kier alpha value is -3.13. The molecule has 0 aliphatic carbocycles. The number of hydrogen-bond acceptors (Lipinski definition) is 5. The van der Waals surface area contributed by atoms with Crippen molar-refractivity contribution in [2.24, 2.45) is 5.10 Å². The lowest BCUT2D eigenvalue weighted by Gasteiger charge is -2.23. The first-order valence-electron chi connectivity index (χ1n) is 9.12. The molecule has 0 aromatic heterocycles. The molecular weight excluding hydrogens is 388 g/mol. The van der Waals surface area contributed by atoms with Crippen molar-refractivity contribution in [2.45, 2.75) is 24.7 Å². The number of amides is 3. The van der Waals surface area contributed by atoms with E-state index < -0.39 is 0 Å². The summed E-state index contributed by atoms with van der Waals surface area (Å²) in [4.78, 5) is 39.3. The number of benzene rings is 2. The minimum Gasteiger partial charge on any atom is -0.339 e. The van der Waals surface area contributed by atoms with Crippen molar-refractivity contribution in [3.05, 3.63) is 54.1 Å². The van der Waals surface area contributed by atoms with Gasteiger partial charge in [0.25, 0.3) is 11.1 Å². The molecule has 1 aliphatic rings. The summed E-state index contributed by atoms with van der Waals surface area (Å²) >= 11 is 1.03. The van der Waals surface area contributed by atoms with Crippen molar-refractivity contribution in [3.63, 3.8) is 0 Å². The largest absolute Gasteiger partial charge is 0.339 e. The van der Waals surface area contributed by atoms with Gasteiger partial charge in [0.2, 0.25) is 5.91 Å². The molecule has 0 atom stereocenters. The fourth-order valence-corrected chi connectivity index (χ4v) is 3.46. The molecule has 0 radical (unpaired) electrons. The Bertz CT molecular complexity index is 987. The quantitative estimate of drug-likeness (QED) is 0.776. The van der Waals surface area contributed by atoms with E-state index in [1.54, 1.807) is 44.4 Å². The number of hydrogen-bond donors (Lipinski definition) is 1. The van der Waals surface area contributed by atoms with Crippen LogP contribution in [-0.2, 0) is 9.59 Å². The fraction of sp³-hybridized carbons (Fsp3) is 0.238. The third-order valence-corrected chi connectivity index (χ3v) is 5.35. The van der Waals surface area contributed by atoms with Gasteiger partial charge in [-0.3, -0.25) is 14.4 Å². The van der Waals surface area contributed by atoms with Crippen LogP contribution in [0.4, 0.5) is 16.2 Å². The molecule has 1 N–H and O–H groups in total. The Balaban J connectivity index is 1.81. The molecule has 0 saturated heterocycles. The van der Waals surface area contributed by atoms with Crippen molar-refractivity contribution in [1.29, 1.82) is 0 Å². The minimum atomic E-state index is -0.388. The van der Waals surface area contributed by atoms with E-state index in [4.69, 9.17) is 0 Å². The molecule has 0 spiro atoms. The molecule has 1 aliphatic heterocycles. The van der Waals surface area contributed by atoms with E-state index in [-0.39, 0.29) is 35.6 Å². The van der Waals surface area contributed by atoms with Crippen molar-refractivity contribution < 1.29 is 14.4 Å². The Morgan fingerprint density at radius 1 is 1.10 bits per heavy atom. The van der Waals surface area contributed by atoms with Crippen molar-refractivity contribution in [1.82, 2.24) is 4.90 Å². The normalized spacial score (nSPS) is 13.7. The van der Waals surface area contributed by atoms with Gasteiger partial charge in [0, 0.05) is 31.8 Å². The maximum absolute atomic E-state index is 12.8. The predicted octanol–water partition coefficient (Wildman–Crippen LogP) is 3.89. The fourth-order valence-electron chi connectivity index (χ4n) is 2.72. The van der Waals surface area contributed by atoms with E-state index in [2.05, 4.69) is 10.4 Å². The molecule has 0 fully saturated rings. The minimum absolute atomic E-state index is 0.141. The Morgan fingerprint density at radius 2 is 1.86 bits per heavy atom. The second-order valence-corrected chi connectivity index (χ2v) is 7.80. The van der Waals surface area contributed by atoms with Crippen LogP contribution in [0.25, 0.3) is 0 Å². The maximum Gasteiger partial charge on any atom is 0.286 e. The molecule has 7 nitrogen and oxygen atoms in total. The maximum atomic E-state index is 12.8. The SMILES string of the molecule is Cc1cccc(N2N=C(C(=O)Nc3ccccc3SC(=O)N(C)C)CCC2=O)c1. The van der Waals surface area contributed by atoms with Gasteiger partial charge in [0.15, 0.2) is 0 Å². The van der Waals surface area contributed by atoms with Gasteiger partial charge in [-0.05, 0) is 48.5 Å². The third-order valence-electron chi connectivity index (χ3n) is 4.24. The summed E-state index contributed by atoms with van der Waals surface area (Å²) in [6, 6.07) is 14.5. The van der Waals surface area contributed by atoms with Crippen molar-refractivity contribution in [3.8, 4) is 0 Å². The number of nitrogens with one attached hydrogen (secondary N) is 1. The lowest BCUT2D eigenvalue weighted by Crippen LogP contribution is -2.36. The van der Waals surface area contributed by atoms with E-state index in [1.807, 2.05) is 25.1 Å². The number of nitrogens with zero attached hydrogens (tertiary/aromatic N) is 3. The average Bonchev–Trinajstić information content (AvgIpc) is 2.69. The molecule has 29 heavy (non-hydrogen) atoms. The number of anilines is 2. The van der Waals surface area contributed by atoms with Gasteiger partial charge in [-0.15, -0.1) is 0 Å². The van der Waals surface area contributed by atoms with E-state index in [0.29, 0.717) is 16.3 Å². The smallest absolute Gasteiger partial charge is 0.286 e. The number of para-hydroxylation sites is 1. The molecule has 0 saturated carbocycles. The van der Waals surface area contributed by atoms with Gasteiger partial charge >= 0.3 is 0 Å². The summed E-state index contributed by atoms with van der Waals surface area (Å²) in [5.41, 5.74) is 2.43. The Labute approximate surface area is 173 Å². The molecule has 150 valence electrons. The summed E-state index contributed by atoms with van der Waals surface area (Å²) in [5, 5.41) is 8.26. The van der Waals surface area contributed by atoms with E-state index in [1.165, 1.54) is 9.91 Å². The molecule has 8 heteroatoms. The topological polar surface area (TPSA) is 82.1 Å². The third kappa shape index (κ3) is 5.03. The molecule has 2 aromatic carbocycles. The zero-order valence-electron chi connectivity index (χ0n) is 16.5. The lowest BCUT2D eigenvalue weighted by molar-refractivity contribution is -0.118. The highest BCUT2D eigenvalue weighted by atomic mass is 32.2. The van der Waals surface area contributed by atoms with Crippen LogP contribution in [0.3, 0.4) is 0 Å². The molecule has 2 aromatic rings. The first-order chi connectivity index (χ1) is 13.8. The monoisotopic (exact) mass is 410 g/mol. The first-order valence-corrected chi connectivity index (χ1v) is 9.93. The average molecular weight is 410 g/mol. The highest BCUT2D eigenvalue weighted by molar-refractivity contribution is 8.13. The van der Waals surface area contributed by atoms with Crippen LogP contribution in [0, 0.1) is 6.92 Å². The Kier molecular flexibility index (Phi) is 6.33. The number of thioether (sulfide) groups is 1. The summed E-state index contributed by atoms with van der Waals surface area (Å²) in [6.45, 7) is 1.93. The van der Waals surface area contributed by atoms with Crippen molar-refractivity contribution >= 4 is 45.9 Å².